The van der Waals surface area contributed by atoms with Crippen LogP contribution >= 0.6 is 11.8 Å². The predicted octanol–water partition coefficient (Wildman–Crippen LogP) is 4.35. The van der Waals surface area contributed by atoms with E-state index in [1.165, 1.54) is 19.3 Å². The number of ether oxygens (including phenoxy) is 1. The molecule has 1 aromatic rings. The Labute approximate surface area is 219 Å². The molecule has 36 heavy (non-hydrogen) atoms. The van der Waals surface area contributed by atoms with Gasteiger partial charge < -0.3 is 20.1 Å². The fraction of sp³-hybridized carbons (Fsp3) is 0.750. The number of carbonyl (C=O) groups excluding carboxylic acids is 1. The van der Waals surface area contributed by atoms with Crippen molar-refractivity contribution in [2.75, 3.05) is 33.0 Å². The second kappa shape index (κ2) is 10.3. The Bertz CT molecular complexity index is 979. The van der Waals surface area contributed by atoms with Crippen molar-refractivity contribution in [2.45, 2.75) is 86.8 Å². The number of aromatic nitrogens is 1. The van der Waals surface area contributed by atoms with E-state index < -0.39 is 11.4 Å². The van der Waals surface area contributed by atoms with Gasteiger partial charge in [0.25, 0.3) is 5.91 Å². The summed E-state index contributed by atoms with van der Waals surface area (Å²) in [4.78, 5) is 32.8. The van der Waals surface area contributed by atoms with Gasteiger partial charge >= 0.3 is 5.97 Å². The van der Waals surface area contributed by atoms with Crippen molar-refractivity contribution in [1.29, 1.82) is 0 Å². The number of aliphatic carboxylic acids is 1. The SMILES string of the molecule is CCCSc1nc([C@]2(CC(=O)O)CCCNC2)ccc1C(=O)N(C)C1C2CC3CC1CC(OC)(C3)C2. The van der Waals surface area contributed by atoms with Crippen molar-refractivity contribution in [3.63, 3.8) is 0 Å². The number of rotatable bonds is 9. The lowest BCUT2D eigenvalue weighted by atomic mass is 9.52. The third-order valence-electron chi connectivity index (χ3n) is 9.41. The number of hydrogen-bond donors (Lipinski definition) is 2. The highest BCUT2D eigenvalue weighted by molar-refractivity contribution is 7.99. The molecule has 1 aliphatic heterocycles. The van der Waals surface area contributed by atoms with Gasteiger partial charge in [-0.1, -0.05) is 6.92 Å². The van der Waals surface area contributed by atoms with Crippen LogP contribution in [0.1, 0.15) is 80.8 Å². The second-order valence-corrected chi connectivity index (χ2v) is 12.9. The summed E-state index contributed by atoms with van der Waals surface area (Å²) in [6.45, 7) is 3.63. The first-order chi connectivity index (χ1) is 17.3. The average Bonchev–Trinajstić information content (AvgIpc) is 2.86. The molecule has 2 unspecified atom stereocenters. The van der Waals surface area contributed by atoms with Crippen LogP contribution in [-0.4, -0.2) is 71.5 Å². The van der Waals surface area contributed by atoms with Crippen LogP contribution in [-0.2, 0) is 14.9 Å². The van der Waals surface area contributed by atoms with E-state index in [2.05, 4.69) is 12.2 Å². The second-order valence-electron chi connectivity index (χ2n) is 11.8. The lowest BCUT2D eigenvalue weighted by Gasteiger charge is -2.60. The fourth-order valence-corrected chi connectivity index (χ4v) is 8.93. The Morgan fingerprint density at radius 3 is 2.61 bits per heavy atom. The summed E-state index contributed by atoms with van der Waals surface area (Å²) in [6.07, 6.45) is 8.42. The molecular weight excluding hydrogens is 474 g/mol. The molecule has 5 aliphatic rings. The normalized spacial score (nSPS) is 35.1. The van der Waals surface area contributed by atoms with E-state index in [4.69, 9.17) is 9.72 Å². The Morgan fingerprint density at radius 1 is 1.25 bits per heavy atom. The highest BCUT2D eigenvalue weighted by Gasteiger charge is 2.57. The van der Waals surface area contributed by atoms with E-state index >= 15 is 0 Å². The molecule has 2 heterocycles. The third-order valence-corrected chi connectivity index (χ3v) is 10.6. The highest BCUT2D eigenvalue weighted by Crippen LogP contribution is 2.58. The summed E-state index contributed by atoms with van der Waals surface area (Å²) >= 11 is 1.62. The number of carboxylic acid groups (broad SMARTS) is 1. The Morgan fingerprint density at radius 2 is 2.00 bits per heavy atom. The molecule has 6 rings (SSSR count). The van der Waals surface area contributed by atoms with E-state index in [0.29, 0.717) is 23.9 Å². The summed E-state index contributed by atoms with van der Waals surface area (Å²) in [5, 5.41) is 13.8. The smallest absolute Gasteiger partial charge is 0.304 e. The molecule has 2 N–H and O–H groups in total. The Balaban J connectivity index is 1.43. The first-order valence-electron chi connectivity index (χ1n) is 13.7. The zero-order chi connectivity index (χ0) is 25.5. The number of nitrogens with one attached hydrogen (secondary N) is 1. The lowest BCUT2D eigenvalue weighted by molar-refractivity contribution is -0.168. The number of methoxy groups -OCH3 is 1. The van der Waals surface area contributed by atoms with E-state index in [1.807, 2.05) is 31.2 Å². The number of hydrogen-bond acceptors (Lipinski definition) is 6. The molecule has 8 heteroatoms. The van der Waals surface area contributed by atoms with Crippen molar-refractivity contribution in [3.05, 3.63) is 23.4 Å². The number of carboxylic acids is 1. The van der Waals surface area contributed by atoms with Gasteiger partial charge in [0.2, 0.25) is 0 Å². The molecule has 0 radical (unpaired) electrons. The molecule has 3 atom stereocenters. The van der Waals surface area contributed by atoms with Crippen LogP contribution < -0.4 is 5.32 Å². The van der Waals surface area contributed by atoms with Crippen molar-refractivity contribution < 1.29 is 19.4 Å². The van der Waals surface area contributed by atoms with Crippen LogP contribution in [0.3, 0.4) is 0 Å². The molecule has 198 valence electrons. The van der Waals surface area contributed by atoms with Gasteiger partial charge in [-0.25, -0.2) is 4.98 Å². The number of carbonyl (C=O) groups is 2. The third kappa shape index (κ3) is 4.69. The van der Waals surface area contributed by atoms with Gasteiger partial charge in [0, 0.05) is 37.9 Å². The van der Waals surface area contributed by atoms with Gasteiger partial charge in [0.15, 0.2) is 0 Å². The van der Waals surface area contributed by atoms with Crippen LogP contribution in [0.15, 0.2) is 17.2 Å². The molecule has 1 aromatic heterocycles. The van der Waals surface area contributed by atoms with Gasteiger partial charge in [0.05, 0.1) is 17.6 Å². The van der Waals surface area contributed by atoms with E-state index in [1.54, 1.807) is 11.8 Å². The lowest BCUT2D eigenvalue weighted by Crippen LogP contribution is -2.62. The number of pyridine rings is 1. The monoisotopic (exact) mass is 515 g/mol. The molecular formula is C28H41N3O4S. The molecule has 4 saturated carbocycles. The summed E-state index contributed by atoms with van der Waals surface area (Å²) in [5.74, 6) is 1.84. The van der Waals surface area contributed by atoms with Crippen LogP contribution in [0.25, 0.3) is 0 Å². The number of nitrogens with zero attached hydrogens (tertiary/aromatic N) is 2. The first-order valence-corrected chi connectivity index (χ1v) is 14.7. The van der Waals surface area contributed by atoms with Gasteiger partial charge in [-0.05, 0) is 93.6 Å². The maximum absolute atomic E-state index is 14.0. The van der Waals surface area contributed by atoms with Crippen molar-refractivity contribution >= 4 is 23.6 Å². The van der Waals surface area contributed by atoms with E-state index in [9.17, 15) is 14.7 Å². The minimum Gasteiger partial charge on any atom is -0.481 e. The van der Waals surface area contributed by atoms with Gasteiger partial charge in [-0.3, -0.25) is 9.59 Å². The molecule has 1 amide bonds. The highest BCUT2D eigenvalue weighted by atomic mass is 32.2. The van der Waals surface area contributed by atoms with Crippen molar-refractivity contribution in [1.82, 2.24) is 15.2 Å². The molecule has 7 nitrogen and oxygen atoms in total. The largest absolute Gasteiger partial charge is 0.481 e. The van der Waals surface area contributed by atoms with Crippen molar-refractivity contribution in [3.8, 4) is 0 Å². The van der Waals surface area contributed by atoms with E-state index in [-0.39, 0.29) is 24.0 Å². The Kier molecular flexibility index (Phi) is 7.40. The molecule has 5 fully saturated rings. The van der Waals surface area contributed by atoms with Crippen molar-refractivity contribution in [2.24, 2.45) is 17.8 Å². The number of amides is 1. The molecule has 4 bridgehead atoms. The maximum Gasteiger partial charge on any atom is 0.304 e. The van der Waals surface area contributed by atoms with Gasteiger partial charge in [-0.2, -0.15) is 0 Å². The predicted molar refractivity (Wildman–Crippen MR) is 140 cm³/mol. The van der Waals surface area contributed by atoms with E-state index in [0.717, 1.165) is 61.0 Å². The first kappa shape index (κ1) is 26.0. The summed E-state index contributed by atoms with van der Waals surface area (Å²) in [5.41, 5.74) is 0.944. The number of piperidine rings is 1. The molecule has 4 aliphatic carbocycles. The standard InChI is InChI=1S/C28H41N3O4S/c1-4-10-36-25-21(6-7-22(30-25)27(16-23(32)33)8-5-9-29-17-27)26(34)31(2)24-19-11-18-12-20(24)15-28(13-18,14-19)35-3/h6-7,18-20,24,29H,4-5,8-17H2,1-3H3,(H,32,33)/t18?,19?,20?,24?,27-,28?/m0/s1. The van der Waals surface area contributed by atoms with Crippen LogP contribution in [0, 0.1) is 17.8 Å². The van der Waals surface area contributed by atoms with Crippen LogP contribution in [0.5, 0.6) is 0 Å². The molecule has 1 saturated heterocycles. The minimum absolute atomic E-state index is 0.0225. The summed E-state index contributed by atoms with van der Waals surface area (Å²) < 4.78 is 6.03. The molecule has 0 aromatic carbocycles. The van der Waals surface area contributed by atoms with Gasteiger partial charge in [0.1, 0.15) is 5.03 Å². The van der Waals surface area contributed by atoms with Gasteiger partial charge in [-0.15, -0.1) is 11.8 Å². The quantitative estimate of drug-likeness (QED) is 0.473. The zero-order valence-electron chi connectivity index (χ0n) is 21.9. The van der Waals surface area contributed by atoms with Crippen LogP contribution in [0.2, 0.25) is 0 Å². The average molecular weight is 516 g/mol. The summed E-state index contributed by atoms with van der Waals surface area (Å²) in [6, 6.07) is 4.09. The van der Waals surface area contributed by atoms with Crippen LogP contribution in [0.4, 0.5) is 0 Å². The minimum atomic E-state index is -0.807. The Hall–Kier alpha value is -1.64. The fourth-order valence-electron chi connectivity index (χ4n) is 8.06. The number of thioether (sulfide) groups is 1. The zero-order valence-corrected chi connectivity index (χ0v) is 22.7. The topological polar surface area (TPSA) is 91.8 Å². The molecule has 0 spiro atoms. The summed E-state index contributed by atoms with van der Waals surface area (Å²) in [7, 11) is 3.84. The maximum atomic E-state index is 14.0.